The van der Waals surface area contributed by atoms with Gasteiger partial charge >= 0.3 is 0 Å². The quantitative estimate of drug-likeness (QED) is 0.483. The first-order valence-electron chi connectivity index (χ1n) is 10.1. The second kappa shape index (κ2) is 9.53. The molecule has 0 fully saturated rings. The number of carbonyl (C=O) groups excluding carboxylic acids is 1. The molecule has 2 aromatic rings. The number of carbonyl (C=O) groups is 1. The van der Waals surface area contributed by atoms with Gasteiger partial charge in [0.2, 0.25) is 0 Å². The molecule has 0 bridgehead atoms. The molecule has 1 heterocycles. The molecule has 6 nitrogen and oxygen atoms in total. The van der Waals surface area contributed by atoms with E-state index in [1.807, 2.05) is 24.3 Å². The standard InChI is InChI=1S/C23H27ClN2O4S/c1-23(22(27)25-28,31(2,29)30)13-16-26-14-11-20(12-15-26)18-5-3-17(4-6-18)19-7-9-21(24)10-8-19/h3-11,28H,12-16H2,1-2H3,(H,25,27). The van der Waals surface area contributed by atoms with E-state index in [4.69, 9.17) is 16.8 Å². The lowest BCUT2D eigenvalue weighted by Crippen LogP contribution is -2.51. The van der Waals surface area contributed by atoms with Crippen LogP contribution in [0.5, 0.6) is 0 Å². The Balaban J connectivity index is 1.63. The molecule has 2 aromatic carbocycles. The van der Waals surface area contributed by atoms with E-state index in [0.717, 1.165) is 35.9 Å². The third-order valence-corrected chi connectivity index (χ3v) is 8.31. The number of rotatable bonds is 7. The fourth-order valence-electron chi connectivity index (χ4n) is 3.65. The normalized spacial score (nSPS) is 17.0. The molecule has 1 aliphatic heterocycles. The first-order valence-corrected chi connectivity index (χ1v) is 12.3. The molecular weight excluding hydrogens is 436 g/mol. The Morgan fingerprint density at radius 2 is 1.65 bits per heavy atom. The van der Waals surface area contributed by atoms with Crippen molar-refractivity contribution in [2.24, 2.45) is 0 Å². The highest BCUT2D eigenvalue weighted by Crippen LogP contribution is 2.28. The van der Waals surface area contributed by atoms with Crippen LogP contribution in [-0.2, 0) is 14.6 Å². The summed E-state index contributed by atoms with van der Waals surface area (Å²) in [7, 11) is -3.68. The van der Waals surface area contributed by atoms with Crippen molar-refractivity contribution in [3.63, 3.8) is 0 Å². The Hall–Kier alpha value is -2.19. The van der Waals surface area contributed by atoms with Crippen LogP contribution in [0, 0.1) is 0 Å². The maximum absolute atomic E-state index is 12.1. The average molecular weight is 463 g/mol. The molecule has 3 rings (SSSR count). The minimum absolute atomic E-state index is 0.108. The number of nitrogens with one attached hydrogen (secondary N) is 1. The predicted molar refractivity (Wildman–Crippen MR) is 124 cm³/mol. The molecule has 0 aliphatic carbocycles. The SMILES string of the molecule is CC(CCN1CC=C(c2ccc(-c3ccc(Cl)cc3)cc2)CC1)(C(=O)NO)S(C)(=O)=O. The lowest BCUT2D eigenvalue weighted by molar-refractivity contribution is -0.131. The number of sulfone groups is 1. The van der Waals surface area contributed by atoms with E-state index < -0.39 is 20.5 Å². The average Bonchev–Trinajstić information content (AvgIpc) is 2.77. The van der Waals surface area contributed by atoms with Gasteiger partial charge in [0, 0.05) is 30.9 Å². The first kappa shape index (κ1) is 23.5. The summed E-state index contributed by atoms with van der Waals surface area (Å²) in [6, 6.07) is 16.2. The van der Waals surface area contributed by atoms with Gasteiger partial charge in [0.15, 0.2) is 14.6 Å². The molecule has 0 saturated carbocycles. The van der Waals surface area contributed by atoms with E-state index in [0.29, 0.717) is 18.1 Å². The molecule has 0 spiro atoms. The van der Waals surface area contributed by atoms with Crippen LogP contribution in [0.3, 0.4) is 0 Å². The van der Waals surface area contributed by atoms with Crippen LogP contribution in [0.4, 0.5) is 0 Å². The van der Waals surface area contributed by atoms with Gasteiger partial charge in [-0.3, -0.25) is 14.9 Å². The number of benzene rings is 2. The number of amides is 1. The largest absolute Gasteiger partial charge is 0.299 e. The minimum Gasteiger partial charge on any atom is -0.299 e. The second-order valence-electron chi connectivity index (χ2n) is 8.06. The maximum atomic E-state index is 12.1. The van der Waals surface area contributed by atoms with E-state index in [1.54, 1.807) is 0 Å². The van der Waals surface area contributed by atoms with E-state index in [2.05, 4.69) is 35.2 Å². The molecular formula is C23H27ClN2O4S. The van der Waals surface area contributed by atoms with Gasteiger partial charge in [-0.15, -0.1) is 0 Å². The summed E-state index contributed by atoms with van der Waals surface area (Å²) in [4.78, 5) is 14.1. The number of hydroxylamine groups is 1. The van der Waals surface area contributed by atoms with Crippen LogP contribution < -0.4 is 5.48 Å². The molecule has 1 amide bonds. The minimum atomic E-state index is -3.68. The van der Waals surface area contributed by atoms with E-state index in [-0.39, 0.29) is 6.42 Å². The van der Waals surface area contributed by atoms with Gasteiger partial charge in [-0.05, 0) is 54.2 Å². The zero-order valence-electron chi connectivity index (χ0n) is 17.6. The number of halogens is 1. The summed E-state index contributed by atoms with van der Waals surface area (Å²) in [6.07, 6.45) is 4.11. The van der Waals surface area contributed by atoms with Gasteiger partial charge in [-0.2, -0.15) is 0 Å². The fraction of sp³-hybridized carbons (Fsp3) is 0.348. The fourth-order valence-corrected chi connectivity index (χ4v) is 4.62. The summed E-state index contributed by atoms with van der Waals surface area (Å²) in [5.41, 5.74) is 6.14. The monoisotopic (exact) mass is 462 g/mol. The molecule has 1 atom stereocenters. The second-order valence-corrected chi connectivity index (χ2v) is 10.9. The zero-order chi connectivity index (χ0) is 22.6. The number of nitrogens with zero attached hydrogens (tertiary/aromatic N) is 1. The van der Waals surface area contributed by atoms with Gasteiger partial charge in [0.1, 0.15) is 0 Å². The molecule has 8 heteroatoms. The first-order chi connectivity index (χ1) is 14.6. The van der Waals surface area contributed by atoms with Crippen molar-refractivity contribution in [1.29, 1.82) is 0 Å². The molecule has 0 radical (unpaired) electrons. The number of hydrogen-bond donors (Lipinski definition) is 2. The topological polar surface area (TPSA) is 86.7 Å². The van der Waals surface area contributed by atoms with Crippen molar-refractivity contribution < 1.29 is 18.4 Å². The van der Waals surface area contributed by atoms with Crippen molar-refractivity contribution in [2.45, 2.75) is 24.5 Å². The van der Waals surface area contributed by atoms with Gasteiger partial charge in [-0.1, -0.05) is 54.1 Å². The Morgan fingerprint density at radius 1 is 1.10 bits per heavy atom. The molecule has 1 unspecified atom stereocenters. The highest BCUT2D eigenvalue weighted by molar-refractivity contribution is 7.92. The lowest BCUT2D eigenvalue weighted by Gasteiger charge is -2.31. The number of hydrogen-bond acceptors (Lipinski definition) is 5. The third-order valence-electron chi connectivity index (χ3n) is 6.03. The lowest BCUT2D eigenvalue weighted by atomic mass is 9.96. The molecule has 1 aliphatic rings. The van der Waals surface area contributed by atoms with Crippen LogP contribution in [0.2, 0.25) is 5.02 Å². The van der Waals surface area contributed by atoms with Gasteiger partial charge in [0.25, 0.3) is 5.91 Å². The smallest absolute Gasteiger partial charge is 0.264 e. The van der Waals surface area contributed by atoms with Gasteiger partial charge < -0.3 is 0 Å². The zero-order valence-corrected chi connectivity index (χ0v) is 19.2. The Kier molecular flexibility index (Phi) is 7.21. The summed E-state index contributed by atoms with van der Waals surface area (Å²) >= 11 is 5.96. The summed E-state index contributed by atoms with van der Waals surface area (Å²) in [5.74, 6) is -0.899. The molecule has 31 heavy (non-hydrogen) atoms. The molecule has 2 N–H and O–H groups in total. The Morgan fingerprint density at radius 3 is 2.13 bits per heavy atom. The predicted octanol–water partition coefficient (Wildman–Crippen LogP) is 3.79. The van der Waals surface area contributed by atoms with Crippen LogP contribution in [-0.4, -0.2) is 55.1 Å². The van der Waals surface area contributed by atoms with Crippen LogP contribution in [0.1, 0.15) is 25.3 Å². The van der Waals surface area contributed by atoms with Gasteiger partial charge in [-0.25, -0.2) is 13.9 Å². The Bertz CT molecular complexity index is 1070. The Labute approximate surface area is 188 Å². The van der Waals surface area contributed by atoms with Crippen molar-refractivity contribution in [2.75, 3.05) is 25.9 Å². The van der Waals surface area contributed by atoms with Crippen molar-refractivity contribution in [1.82, 2.24) is 10.4 Å². The summed E-state index contributed by atoms with van der Waals surface area (Å²) < 4.78 is 22.5. The van der Waals surface area contributed by atoms with E-state index in [1.165, 1.54) is 18.0 Å². The summed E-state index contributed by atoms with van der Waals surface area (Å²) in [6.45, 7) is 3.23. The van der Waals surface area contributed by atoms with Crippen LogP contribution >= 0.6 is 11.6 Å². The highest BCUT2D eigenvalue weighted by Gasteiger charge is 2.43. The van der Waals surface area contributed by atoms with Crippen molar-refractivity contribution in [3.8, 4) is 11.1 Å². The van der Waals surface area contributed by atoms with E-state index >= 15 is 0 Å². The summed E-state index contributed by atoms with van der Waals surface area (Å²) in [5, 5.41) is 9.66. The maximum Gasteiger partial charge on any atom is 0.264 e. The van der Waals surface area contributed by atoms with Crippen molar-refractivity contribution >= 4 is 32.9 Å². The van der Waals surface area contributed by atoms with E-state index in [9.17, 15) is 13.2 Å². The third kappa shape index (κ3) is 5.36. The molecule has 166 valence electrons. The van der Waals surface area contributed by atoms with Gasteiger partial charge in [0.05, 0.1) is 0 Å². The van der Waals surface area contributed by atoms with Crippen LogP contribution in [0.15, 0.2) is 54.6 Å². The van der Waals surface area contributed by atoms with Crippen molar-refractivity contribution in [3.05, 3.63) is 65.2 Å². The molecule has 0 saturated heterocycles. The van der Waals surface area contributed by atoms with Crippen LogP contribution in [0.25, 0.3) is 16.7 Å². The highest BCUT2D eigenvalue weighted by atomic mass is 35.5. The molecule has 0 aromatic heterocycles.